The van der Waals surface area contributed by atoms with Crippen LogP contribution in [0.2, 0.25) is 0 Å². The van der Waals surface area contributed by atoms with E-state index in [9.17, 15) is 9.18 Å². The molecule has 0 aromatic heterocycles. The average molecular weight is 303 g/mol. The summed E-state index contributed by atoms with van der Waals surface area (Å²) in [5.41, 5.74) is 0.989. The molecule has 4 nitrogen and oxygen atoms in total. The molecule has 5 heteroatoms. The lowest BCUT2D eigenvalue weighted by atomic mass is 10.0. The summed E-state index contributed by atoms with van der Waals surface area (Å²) in [6, 6.07) is 8.98. The fourth-order valence-corrected chi connectivity index (χ4v) is 2.96. The molecule has 1 fully saturated rings. The van der Waals surface area contributed by atoms with E-state index >= 15 is 0 Å². The highest BCUT2D eigenvalue weighted by atomic mass is 19.1. The third kappa shape index (κ3) is 4.28. The Morgan fingerprint density at radius 3 is 3.09 bits per heavy atom. The summed E-state index contributed by atoms with van der Waals surface area (Å²) in [4.78, 5) is 15.9. The molecular formula is C17H22FN3O. The van der Waals surface area contributed by atoms with Crippen LogP contribution in [0.15, 0.2) is 24.3 Å². The number of carbonyl (C=O) groups is 1. The highest BCUT2D eigenvalue weighted by molar-refractivity contribution is 5.76. The zero-order valence-corrected chi connectivity index (χ0v) is 13.0. The van der Waals surface area contributed by atoms with Crippen LogP contribution in [0.3, 0.4) is 0 Å². The van der Waals surface area contributed by atoms with Crippen LogP contribution in [-0.2, 0) is 4.79 Å². The quantitative estimate of drug-likeness (QED) is 0.812. The lowest BCUT2D eigenvalue weighted by molar-refractivity contribution is -0.130. The molecule has 0 spiro atoms. The van der Waals surface area contributed by atoms with Crippen LogP contribution in [0.25, 0.3) is 0 Å². The largest absolute Gasteiger partial charge is 0.345 e. The zero-order valence-electron chi connectivity index (χ0n) is 13.0. The van der Waals surface area contributed by atoms with Crippen LogP contribution in [0, 0.1) is 17.1 Å². The van der Waals surface area contributed by atoms with Crippen molar-refractivity contribution < 1.29 is 9.18 Å². The van der Waals surface area contributed by atoms with E-state index in [0.29, 0.717) is 25.9 Å². The topological polar surface area (TPSA) is 47.3 Å². The van der Waals surface area contributed by atoms with Gasteiger partial charge in [0.2, 0.25) is 5.91 Å². The summed E-state index contributed by atoms with van der Waals surface area (Å²) < 4.78 is 13.4. The van der Waals surface area contributed by atoms with E-state index in [1.807, 2.05) is 12.1 Å². The van der Waals surface area contributed by atoms with Crippen LogP contribution in [-0.4, -0.2) is 42.4 Å². The van der Waals surface area contributed by atoms with Crippen molar-refractivity contribution in [2.24, 2.45) is 0 Å². The molecule has 0 radical (unpaired) electrons. The summed E-state index contributed by atoms with van der Waals surface area (Å²) in [6.07, 6.45) is 2.87. The van der Waals surface area contributed by atoms with Gasteiger partial charge in [-0.2, -0.15) is 5.26 Å². The van der Waals surface area contributed by atoms with Gasteiger partial charge in [-0.3, -0.25) is 9.69 Å². The lowest BCUT2D eigenvalue weighted by Crippen LogP contribution is -2.32. The minimum absolute atomic E-state index is 0.0557. The van der Waals surface area contributed by atoms with Gasteiger partial charge in [-0.25, -0.2) is 4.39 Å². The van der Waals surface area contributed by atoms with Crippen molar-refractivity contribution >= 4 is 5.91 Å². The first-order chi connectivity index (χ1) is 10.6. The summed E-state index contributed by atoms with van der Waals surface area (Å²) in [5, 5.41) is 8.56. The maximum atomic E-state index is 13.4. The van der Waals surface area contributed by atoms with Crippen molar-refractivity contribution in [3.8, 4) is 6.07 Å². The van der Waals surface area contributed by atoms with Gasteiger partial charge in [0.25, 0.3) is 0 Å². The fourth-order valence-electron chi connectivity index (χ4n) is 2.96. The van der Waals surface area contributed by atoms with Crippen molar-refractivity contribution in [1.82, 2.24) is 9.80 Å². The number of nitrogens with zero attached hydrogens (tertiary/aromatic N) is 3. The van der Waals surface area contributed by atoms with E-state index in [2.05, 4.69) is 4.90 Å². The third-order valence-corrected chi connectivity index (χ3v) is 4.19. The molecule has 1 aliphatic rings. The molecule has 118 valence electrons. The van der Waals surface area contributed by atoms with Gasteiger partial charge < -0.3 is 4.90 Å². The van der Waals surface area contributed by atoms with Gasteiger partial charge in [0, 0.05) is 32.6 Å². The molecule has 0 N–H and O–H groups in total. The molecule has 1 aliphatic heterocycles. The Bertz CT molecular complexity index is 555. The number of hydrogen-bond acceptors (Lipinski definition) is 3. The molecule has 1 aromatic rings. The van der Waals surface area contributed by atoms with Crippen LogP contribution >= 0.6 is 0 Å². The van der Waals surface area contributed by atoms with Gasteiger partial charge in [-0.05, 0) is 37.1 Å². The predicted molar refractivity (Wildman–Crippen MR) is 82.4 cm³/mol. The number of benzene rings is 1. The van der Waals surface area contributed by atoms with Gasteiger partial charge in [-0.15, -0.1) is 0 Å². The number of nitriles is 1. The second kappa shape index (κ2) is 7.90. The molecule has 1 aromatic carbocycles. The first-order valence-electron chi connectivity index (χ1n) is 7.72. The maximum Gasteiger partial charge on any atom is 0.223 e. The van der Waals surface area contributed by atoms with Gasteiger partial charge in [0.1, 0.15) is 5.82 Å². The van der Waals surface area contributed by atoms with Crippen molar-refractivity contribution in [1.29, 1.82) is 5.26 Å². The standard InChI is InChI=1S/C17H22FN3O/c1-20(10-4-9-19)17(22)8-12-21-11-3-7-16(21)14-5-2-6-15(18)13-14/h2,5-6,13,16H,3-4,7-8,10-12H2,1H3/t16-/m1/s1. The smallest absolute Gasteiger partial charge is 0.223 e. The van der Waals surface area contributed by atoms with E-state index in [1.165, 1.54) is 6.07 Å². The first-order valence-corrected chi connectivity index (χ1v) is 7.72. The SMILES string of the molecule is CN(CCC#N)C(=O)CCN1CCC[C@@H]1c1cccc(F)c1. The molecular weight excluding hydrogens is 281 g/mol. The summed E-state index contributed by atoms with van der Waals surface area (Å²) >= 11 is 0. The highest BCUT2D eigenvalue weighted by Gasteiger charge is 2.26. The Morgan fingerprint density at radius 2 is 2.36 bits per heavy atom. The Kier molecular flexibility index (Phi) is 5.91. The van der Waals surface area contributed by atoms with Crippen molar-refractivity contribution in [2.45, 2.75) is 31.7 Å². The monoisotopic (exact) mass is 303 g/mol. The number of amides is 1. The Balaban J connectivity index is 1.89. The Labute approximate surface area is 131 Å². The predicted octanol–water partition coefficient (Wildman–Crippen LogP) is 2.72. The molecule has 1 saturated heterocycles. The number of hydrogen-bond donors (Lipinski definition) is 0. The number of likely N-dealkylation sites (tertiary alicyclic amines) is 1. The minimum Gasteiger partial charge on any atom is -0.345 e. The molecule has 0 bridgehead atoms. The highest BCUT2D eigenvalue weighted by Crippen LogP contribution is 2.32. The van der Waals surface area contributed by atoms with E-state index < -0.39 is 0 Å². The third-order valence-electron chi connectivity index (χ3n) is 4.19. The second-order valence-corrected chi connectivity index (χ2v) is 5.72. The summed E-state index contributed by atoms with van der Waals surface area (Å²) in [7, 11) is 1.73. The van der Waals surface area contributed by atoms with Gasteiger partial charge in [0.15, 0.2) is 0 Å². The summed E-state index contributed by atoms with van der Waals surface area (Å²) in [5.74, 6) is -0.156. The van der Waals surface area contributed by atoms with Crippen LogP contribution in [0.5, 0.6) is 0 Å². The molecule has 0 unspecified atom stereocenters. The molecule has 1 heterocycles. The molecule has 1 atom stereocenters. The normalized spacial score (nSPS) is 18.1. The zero-order chi connectivity index (χ0) is 15.9. The molecule has 0 aliphatic carbocycles. The summed E-state index contributed by atoms with van der Waals surface area (Å²) in [6.45, 7) is 2.09. The molecule has 2 rings (SSSR count). The maximum absolute atomic E-state index is 13.4. The van der Waals surface area contributed by atoms with Gasteiger partial charge >= 0.3 is 0 Å². The Morgan fingerprint density at radius 1 is 1.55 bits per heavy atom. The molecule has 0 saturated carbocycles. The molecule has 22 heavy (non-hydrogen) atoms. The number of rotatable bonds is 6. The van der Waals surface area contributed by atoms with Crippen molar-refractivity contribution in [3.05, 3.63) is 35.6 Å². The van der Waals surface area contributed by atoms with E-state index in [0.717, 1.165) is 24.9 Å². The first kappa shape index (κ1) is 16.4. The van der Waals surface area contributed by atoms with E-state index in [-0.39, 0.29) is 17.8 Å². The Hall–Kier alpha value is -1.93. The van der Waals surface area contributed by atoms with Crippen LogP contribution < -0.4 is 0 Å². The lowest BCUT2D eigenvalue weighted by Gasteiger charge is -2.25. The number of halogens is 1. The molecule has 1 amide bonds. The minimum atomic E-state index is -0.211. The van der Waals surface area contributed by atoms with E-state index in [1.54, 1.807) is 24.1 Å². The van der Waals surface area contributed by atoms with E-state index in [4.69, 9.17) is 5.26 Å². The average Bonchev–Trinajstić information content (AvgIpc) is 2.98. The fraction of sp³-hybridized carbons (Fsp3) is 0.529. The van der Waals surface area contributed by atoms with Gasteiger partial charge in [-0.1, -0.05) is 12.1 Å². The van der Waals surface area contributed by atoms with Crippen molar-refractivity contribution in [3.63, 3.8) is 0 Å². The van der Waals surface area contributed by atoms with Crippen LogP contribution in [0.1, 0.15) is 37.3 Å². The second-order valence-electron chi connectivity index (χ2n) is 5.72. The van der Waals surface area contributed by atoms with Crippen LogP contribution in [0.4, 0.5) is 4.39 Å². The number of carbonyl (C=O) groups excluding carboxylic acids is 1. The van der Waals surface area contributed by atoms with Crippen molar-refractivity contribution in [2.75, 3.05) is 26.7 Å². The van der Waals surface area contributed by atoms with Gasteiger partial charge in [0.05, 0.1) is 12.5 Å².